The van der Waals surface area contributed by atoms with Gasteiger partial charge in [0.05, 0.1) is 12.9 Å². The van der Waals surface area contributed by atoms with E-state index in [1.807, 2.05) is 12.1 Å². The van der Waals surface area contributed by atoms with Crippen molar-refractivity contribution in [1.82, 2.24) is 0 Å². The Hall–Kier alpha value is -3.84. The number of carbonyl (C=O) groups is 2. The summed E-state index contributed by atoms with van der Waals surface area (Å²) in [6, 6.07) is 30.1. The second-order valence-electron chi connectivity index (χ2n) is 22.6. The summed E-state index contributed by atoms with van der Waals surface area (Å²) in [6.07, 6.45) is 15.0. The fourth-order valence-corrected chi connectivity index (χ4v) is 20.4. The maximum absolute atomic E-state index is 16.1. The van der Waals surface area contributed by atoms with Gasteiger partial charge in [-0.2, -0.15) is 0 Å². The van der Waals surface area contributed by atoms with Gasteiger partial charge >= 0.3 is 20.3 Å². The molecule has 62 heavy (non-hydrogen) atoms. The maximum atomic E-state index is 16.1. The summed E-state index contributed by atoms with van der Waals surface area (Å²) >= 11 is 0. The third-order valence-electron chi connectivity index (χ3n) is 18.1. The van der Waals surface area contributed by atoms with Gasteiger partial charge in [0.15, 0.2) is 5.41 Å². The predicted molar refractivity (Wildman–Crippen MR) is 244 cm³/mol. The van der Waals surface area contributed by atoms with Crippen LogP contribution in [0.1, 0.15) is 129 Å². The Bertz CT molecular complexity index is 2020. The second-order valence-corrected chi connectivity index (χ2v) is 26.8. The molecule has 10 aliphatic carbocycles. The van der Waals surface area contributed by atoms with Crippen molar-refractivity contribution in [3.05, 3.63) is 102 Å². The quantitative estimate of drug-likeness (QED) is 0.115. The number of benzene rings is 3. The molecule has 13 rings (SSSR count). The van der Waals surface area contributed by atoms with E-state index in [9.17, 15) is 0 Å². The minimum atomic E-state index is -3.08. The second kappa shape index (κ2) is 15.7. The van der Waals surface area contributed by atoms with E-state index in [0.717, 1.165) is 117 Å². The number of hydrogen-bond acceptors (Lipinski definition) is 6. The lowest BCUT2D eigenvalue weighted by atomic mass is 9.55. The van der Waals surface area contributed by atoms with E-state index in [1.54, 1.807) is 7.11 Å². The average molecular weight is 853 g/mol. The van der Waals surface area contributed by atoms with Gasteiger partial charge in [-0.25, -0.2) is 0 Å². The normalized spacial score (nSPS) is 36.8. The molecule has 2 atom stereocenters. The van der Waals surface area contributed by atoms with Gasteiger partial charge in [-0.3, -0.25) is 9.59 Å². The Kier molecular flexibility index (Phi) is 10.4. The molecule has 0 radical (unpaired) electrons. The largest absolute Gasteiger partial charge is 0.537 e. The number of carbonyl (C=O) groups excluding carboxylic acids is 2. The van der Waals surface area contributed by atoms with Crippen molar-refractivity contribution in [2.75, 3.05) is 7.11 Å². The molecule has 0 spiro atoms. The molecule has 3 aromatic rings. The van der Waals surface area contributed by atoms with Crippen molar-refractivity contribution in [2.24, 2.45) is 58.7 Å². The van der Waals surface area contributed by atoms with Crippen molar-refractivity contribution in [1.29, 1.82) is 0 Å². The number of hydrogen-bond donors (Lipinski definition) is 0. The van der Waals surface area contributed by atoms with E-state index in [2.05, 4.69) is 93.6 Å². The van der Waals surface area contributed by atoms with Crippen LogP contribution in [0, 0.1) is 58.7 Å². The highest BCUT2D eigenvalue weighted by molar-refractivity contribution is 6.99. The third kappa shape index (κ3) is 6.74. The number of ether oxygens (including phenoxy) is 3. The molecule has 10 aliphatic rings. The fraction of sp³-hybridized carbons (Fsp3) is 0.600. The molecule has 9 fully saturated rings. The van der Waals surface area contributed by atoms with Gasteiger partial charge < -0.3 is 18.6 Å². The van der Waals surface area contributed by atoms with Crippen molar-refractivity contribution >= 4 is 30.6 Å². The number of rotatable bonds is 10. The summed E-state index contributed by atoms with van der Waals surface area (Å²) in [5.41, 5.74) is 0.762. The van der Waals surface area contributed by atoms with Crippen LogP contribution in [0.3, 0.4) is 0 Å². The highest BCUT2D eigenvalue weighted by atomic mass is 28.4. The average Bonchev–Trinajstić information content (AvgIpc) is 3.71. The molecule has 328 valence electrons. The van der Waals surface area contributed by atoms with Crippen LogP contribution in [-0.4, -0.2) is 39.6 Å². The first-order valence-electron chi connectivity index (χ1n) is 24.6. The van der Waals surface area contributed by atoms with E-state index in [1.165, 1.54) is 23.2 Å². The lowest BCUT2D eigenvalue weighted by Gasteiger charge is -2.55. The first-order chi connectivity index (χ1) is 30.0. The molecule has 0 N–H and O–H groups in total. The molecule has 6 nitrogen and oxygen atoms in total. The van der Waals surface area contributed by atoms with Crippen LogP contribution in [0.2, 0.25) is 5.04 Å². The van der Waals surface area contributed by atoms with Crippen molar-refractivity contribution in [2.45, 2.75) is 140 Å². The summed E-state index contributed by atoms with van der Waals surface area (Å²) in [6.45, 7) is 7.01. The summed E-state index contributed by atoms with van der Waals surface area (Å²) in [5, 5.41) is 2.19. The van der Waals surface area contributed by atoms with E-state index in [-0.39, 0.29) is 41.0 Å². The summed E-state index contributed by atoms with van der Waals surface area (Å²) in [7, 11) is -1.38. The van der Waals surface area contributed by atoms with E-state index < -0.39 is 13.7 Å². The Morgan fingerprint density at radius 2 is 1.10 bits per heavy atom. The minimum absolute atomic E-state index is 0.120. The molecule has 0 saturated heterocycles. The van der Waals surface area contributed by atoms with Crippen LogP contribution in [0.15, 0.2) is 96.3 Å². The van der Waals surface area contributed by atoms with Gasteiger partial charge in [0.2, 0.25) is 0 Å². The smallest absolute Gasteiger partial charge is 0.324 e. The Morgan fingerprint density at radius 1 is 0.629 bits per heavy atom. The monoisotopic (exact) mass is 852 g/mol. The van der Waals surface area contributed by atoms with Crippen LogP contribution in [-0.2, 0) is 23.5 Å². The van der Waals surface area contributed by atoms with Gasteiger partial charge in [0.1, 0.15) is 18.0 Å². The van der Waals surface area contributed by atoms with E-state index in [4.69, 9.17) is 18.6 Å². The molecule has 0 unspecified atom stereocenters. The highest BCUT2D eigenvalue weighted by Gasteiger charge is 2.64. The van der Waals surface area contributed by atoms with Crippen LogP contribution < -0.4 is 15.1 Å². The molecule has 0 amide bonds. The Labute approximate surface area is 371 Å². The van der Waals surface area contributed by atoms with E-state index in [0.29, 0.717) is 36.5 Å². The minimum Gasteiger partial charge on any atom is -0.537 e. The van der Waals surface area contributed by atoms with Crippen LogP contribution >= 0.6 is 0 Å². The molecule has 3 aromatic carbocycles. The molecule has 8 bridgehead atoms. The number of fused-ring (bicyclic) bond motifs is 1. The lowest BCUT2D eigenvalue weighted by Crippen LogP contribution is -2.66. The molecule has 7 heteroatoms. The maximum Gasteiger partial charge on any atom is 0.324 e. The molecular weight excluding hydrogens is 785 g/mol. The fourth-order valence-electron chi connectivity index (χ4n) is 15.9. The van der Waals surface area contributed by atoms with Crippen molar-refractivity contribution in [3.8, 4) is 5.75 Å². The standard InChI is InChI=1S/C55H68O6Si/c1-54(2,3)62(45-12-7-5-8-13-45,46-14-9-6-10-15-46)61-49-32-43(38-18-20-44(58-4)21-19-38)33-55(48-17-11-16-47(48)49,52(56)59-50-39-24-34-22-35(26-39)27-40(50)25-34)53(57)60-51-41-28-36-23-37(30-41)31-42(51)29-36/h5-10,12-15,18-21,34-37,39-43,48,50-51H,11,16-17,22-33H2,1-4H3/t34?,35?,36?,37?,39?,40?,41?,42?,43-,48-,50?,51?,55?/m0/s1. The highest BCUT2D eigenvalue weighted by Crippen LogP contribution is 2.61. The topological polar surface area (TPSA) is 71.1 Å². The van der Waals surface area contributed by atoms with Gasteiger partial charge in [-0.05, 0) is 182 Å². The first kappa shape index (κ1) is 40.9. The van der Waals surface area contributed by atoms with E-state index >= 15 is 9.59 Å². The molecular formula is C55H68O6Si. The number of allylic oxidation sites excluding steroid dienone is 2. The summed E-state index contributed by atoms with van der Waals surface area (Å²) in [4.78, 5) is 32.1. The molecule has 0 heterocycles. The van der Waals surface area contributed by atoms with Gasteiger partial charge in [-0.15, -0.1) is 0 Å². The van der Waals surface area contributed by atoms with Crippen molar-refractivity contribution < 1.29 is 28.2 Å². The van der Waals surface area contributed by atoms with Gasteiger partial charge in [0, 0.05) is 12.3 Å². The van der Waals surface area contributed by atoms with Crippen LogP contribution in [0.25, 0.3) is 0 Å². The Balaban J connectivity index is 1.07. The molecule has 0 aliphatic heterocycles. The number of esters is 2. The lowest BCUT2D eigenvalue weighted by molar-refractivity contribution is -0.203. The van der Waals surface area contributed by atoms with Crippen LogP contribution in [0.5, 0.6) is 5.75 Å². The van der Waals surface area contributed by atoms with Crippen molar-refractivity contribution in [3.63, 3.8) is 0 Å². The SMILES string of the molecule is COc1ccc([C@H]2CC(O[Si](c3ccccc3)(c3ccccc3)C(C)(C)C)=C3CCC[C@@H]3C(C(=O)OC3C4CC5CC(C4)CC3C5)(C(=O)OC3C4CC5CC(C4)CC3C5)C2)cc1. The molecule has 9 saturated carbocycles. The van der Waals surface area contributed by atoms with Gasteiger partial charge in [0.25, 0.3) is 0 Å². The Morgan fingerprint density at radius 3 is 1.53 bits per heavy atom. The molecule has 0 aromatic heterocycles. The predicted octanol–water partition coefficient (Wildman–Crippen LogP) is 10.9. The van der Waals surface area contributed by atoms with Gasteiger partial charge in [-0.1, -0.05) is 93.6 Å². The summed E-state index contributed by atoms with van der Waals surface area (Å²) < 4.78 is 28.0. The third-order valence-corrected chi connectivity index (χ3v) is 23.0. The zero-order valence-electron chi connectivity index (χ0n) is 37.6. The summed E-state index contributed by atoms with van der Waals surface area (Å²) in [5.74, 6) is 5.20. The first-order valence-corrected chi connectivity index (χ1v) is 26.5. The zero-order chi connectivity index (χ0) is 42.4. The number of methoxy groups -OCH3 is 1. The van der Waals surface area contributed by atoms with Crippen LogP contribution in [0.4, 0.5) is 0 Å². The zero-order valence-corrected chi connectivity index (χ0v) is 38.6.